The van der Waals surface area contributed by atoms with E-state index in [0.29, 0.717) is 18.4 Å². The van der Waals surface area contributed by atoms with Crippen LogP contribution in [0.5, 0.6) is 0 Å². The lowest BCUT2D eigenvalue weighted by atomic mass is 9.73. The number of likely N-dealkylation sites (tertiary alicyclic amines) is 2. The van der Waals surface area contributed by atoms with Gasteiger partial charge in [0.1, 0.15) is 11.9 Å². The van der Waals surface area contributed by atoms with E-state index >= 15 is 0 Å². The Kier molecular flexibility index (Phi) is 9.29. The minimum atomic E-state index is -0.710. The van der Waals surface area contributed by atoms with Crippen molar-refractivity contribution >= 4 is 5.97 Å². The number of aliphatic carboxylic acids is 1. The second-order valence-corrected chi connectivity index (χ2v) is 13.3. The number of piperidine rings is 1. The molecule has 230 valence electrons. The molecule has 2 aliphatic heterocycles. The Morgan fingerprint density at radius 3 is 2.44 bits per heavy atom. The predicted octanol–water partition coefficient (Wildman–Crippen LogP) is 6.42. The molecule has 43 heavy (non-hydrogen) atoms. The van der Waals surface area contributed by atoms with Gasteiger partial charge in [0.05, 0.1) is 5.69 Å². The van der Waals surface area contributed by atoms with E-state index in [1.165, 1.54) is 23.7 Å². The maximum absolute atomic E-state index is 14.3. The number of aryl methyl sites for hydroxylation is 1. The fourth-order valence-corrected chi connectivity index (χ4v) is 8.07. The number of nitrogens with zero attached hydrogens (tertiary/aromatic N) is 4. The van der Waals surface area contributed by atoms with E-state index in [0.717, 1.165) is 76.1 Å². The first-order valence-corrected chi connectivity index (χ1v) is 16.4. The van der Waals surface area contributed by atoms with Crippen molar-refractivity contribution in [3.05, 3.63) is 89.0 Å². The van der Waals surface area contributed by atoms with Gasteiger partial charge in [-0.15, -0.1) is 0 Å². The van der Waals surface area contributed by atoms with Gasteiger partial charge in [-0.05, 0) is 79.9 Å². The number of carboxylic acids is 1. The molecule has 1 N–H and O–H groups in total. The van der Waals surface area contributed by atoms with Gasteiger partial charge in [0.15, 0.2) is 0 Å². The lowest BCUT2D eigenvalue weighted by Crippen LogP contribution is -2.48. The first-order chi connectivity index (χ1) is 20.9. The Hall–Kier alpha value is -3.03. The molecule has 0 bridgehead atoms. The van der Waals surface area contributed by atoms with Crippen molar-refractivity contribution in [3.63, 3.8) is 0 Å². The molecule has 1 saturated carbocycles. The van der Waals surface area contributed by atoms with Gasteiger partial charge < -0.3 is 10.0 Å². The molecule has 2 saturated heterocycles. The maximum atomic E-state index is 14.3. The number of halogens is 1. The van der Waals surface area contributed by atoms with Crippen LogP contribution in [0.3, 0.4) is 0 Å². The molecule has 3 fully saturated rings. The van der Waals surface area contributed by atoms with Crippen LogP contribution in [-0.4, -0.2) is 69.4 Å². The van der Waals surface area contributed by atoms with Crippen LogP contribution >= 0.6 is 0 Å². The van der Waals surface area contributed by atoms with Gasteiger partial charge in [-0.25, -0.2) is 4.39 Å². The molecule has 4 atom stereocenters. The van der Waals surface area contributed by atoms with E-state index in [1.807, 2.05) is 6.07 Å². The summed E-state index contributed by atoms with van der Waals surface area (Å²) in [5, 5.41) is 15.3. The maximum Gasteiger partial charge on any atom is 0.321 e. The summed E-state index contributed by atoms with van der Waals surface area (Å²) in [5.74, 6) is 0.594. The topological polar surface area (TPSA) is 61.6 Å². The quantitative estimate of drug-likeness (QED) is 0.281. The van der Waals surface area contributed by atoms with E-state index in [9.17, 15) is 14.3 Å². The number of benzene rings is 2. The molecule has 1 aromatic heterocycles. The third-order valence-electron chi connectivity index (χ3n) is 10.7. The lowest BCUT2D eigenvalue weighted by molar-refractivity contribution is -0.146. The zero-order chi connectivity index (χ0) is 29.9. The highest BCUT2D eigenvalue weighted by molar-refractivity contribution is 5.74. The summed E-state index contributed by atoms with van der Waals surface area (Å²) in [7, 11) is 0. The summed E-state index contributed by atoms with van der Waals surface area (Å²) in [6.45, 7) is 9.56. The highest BCUT2D eigenvalue weighted by Gasteiger charge is 2.44. The van der Waals surface area contributed by atoms with Gasteiger partial charge in [0.25, 0.3) is 0 Å². The van der Waals surface area contributed by atoms with Crippen molar-refractivity contribution < 1.29 is 14.3 Å². The number of carbonyl (C=O) groups is 1. The van der Waals surface area contributed by atoms with Gasteiger partial charge >= 0.3 is 5.97 Å². The third kappa shape index (κ3) is 6.73. The molecular weight excluding hydrogens is 539 g/mol. The van der Waals surface area contributed by atoms with Gasteiger partial charge in [0, 0.05) is 50.1 Å². The highest BCUT2D eigenvalue weighted by Crippen LogP contribution is 2.41. The molecule has 1 aliphatic carbocycles. The van der Waals surface area contributed by atoms with Crippen molar-refractivity contribution in [3.8, 4) is 0 Å². The summed E-state index contributed by atoms with van der Waals surface area (Å²) in [6.07, 6.45) is 6.52. The monoisotopic (exact) mass is 586 g/mol. The molecule has 3 aliphatic rings. The molecule has 3 heterocycles. The molecule has 3 aromatic rings. The summed E-state index contributed by atoms with van der Waals surface area (Å²) in [5.41, 5.74) is 4.78. The van der Waals surface area contributed by atoms with Gasteiger partial charge in [-0.2, -0.15) is 5.10 Å². The molecule has 0 unspecified atom stereocenters. The normalized spacial score (nSPS) is 23.7. The van der Waals surface area contributed by atoms with Crippen LogP contribution in [0.2, 0.25) is 0 Å². The minimum Gasteiger partial charge on any atom is -0.480 e. The SMILES string of the molecule is CCn1nc(Cc2ccccc2)cc1C1CCN(C[C@H]2CN([C@@H](C(=O)O)[C@@H](C)C3CCC3)C[C@@H]2c2cccc(F)c2)CC1. The average molecular weight is 587 g/mol. The first-order valence-electron chi connectivity index (χ1n) is 16.4. The number of aromatic nitrogens is 2. The molecule has 2 aromatic carbocycles. The summed E-state index contributed by atoms with van der Waals surface area (Å²) in [4.78, 5) is 17.4. The summed E-state index contributed by atoms with van der Waals surface area (Å²) in [6, 6.07) is 19.4. The Morgan fingerprint density at radius 2 is 1.79 bits per heavy atom. The number of rotatable bonds is 11. The first kappa shape index (κ1) is 30.0. The summed E-state index contributed by atoms with van der Waals surface area (Å²) >= 11 is 0. The van der Waals surface area contributed by atoms with Gasteiger partial charge in [0.2, 0.25) is 0 Å². The van der Waals surface area contributed by atoms with Crippen molar-refractivity contribution in [2.24, 2.45) is 17.8 Å². The Morgan fingerprint density at radius 1 is 1.02 bits per heavy atom. The predicted molar refractivity (Wildman–Crippen MR) is 168 cm³/mol. The van der Waals surface area contributed by atoms with Crippen LogP contribution in [0, 0.1) is 23.6 Å². The van der Waals surface area contributed by atoms with E-state index in [2.05, 4.69) is 64.7 Å². The zero-order valence-electron chi connectivity index (χ0n) is 25.7. The fraction of sp³-hybridized carbons (Fsp3) is 0.556. The van der Waals surface area contributed by atoms with Crippen LogP contribution in [0.4, 0.5) is 4.39 Å². The molecule has 6 rings (SSSR count). The van der Waals surface area contributed by atoms with Crippen molar-refractivity contribution in [2.75, 3.05) is 32.7 Å². The fourth-order valence-electron chi connectivity index (χ4n) is 8.07. The van der Waals surface area contributed by atoms with E-state index in [1.54, 1.807) is 12.1 Å². The lowest BCUT2D eigenvalue weighted by Gasteiger charge is -2.38. The van der Waals surface area contributed by atoms with Gasteiger partial charge in [-0.1, -0.05) is 68.7 Å². The summed E-state index contributed by atoms with van der Waals surface area (Å²) < 4.78 is 16.5. The number of carboxylic acid groups (broad SMARTS) is 1. The van der Waals surface area contributed by atoms with E-state index in [-0.39, 0.29) is 23.6 Å². The van der Waals surface area contributed by atoms with Crippen molar-refractivity contribution in [1.29, 1.82) is 0 Å². The van der Waals surface area contributed by atoms with Crippen molar-refractivity contribution in [1.82, 2.24) is 19.6 Å². The Balaban J connectivity index is 1.13. The molecule has 0 amide bonds. The van der Waals surface area contributed by atoms with Crippen LogP contribution in [0.15, 0.2) is 60.7 Å². The molecule has 7 heteroatoms. The van der Waals surface area contributed by atoms with E-state index in [4.69, 9.17) is 5.10 Å². The third-order valence-corrected chi connectivity index (χ3v) is 10.7. The molecular formula is C36H47FN4O2. The molecule has 0 spiro atoms. The second kappa shape index (κ2) is 13.3. The van der Waals surface area contributed by atoms with Crippen molar-refractivity contribution in [2.45, 2.75) is 76.8 Å². The van der Waals surface area contributed by atoms with Crippen LogP contribution < -0.4 is 0 Å². The zero-order valence-corrected chi connectivity index (χ0v) is 25.7. The molecule has 6 nitrogen and oxygen atoms in total. The second-order valence-electron chi connectivity index (χ2n) is 13.3. The standard InChI is InChI=1S/C36H47FN4O2/c1-3-41-34(21-32(38-41)19-26-9-5-4-6-10-26)28-15-17-39(18-16-28)22-30-23-40(24-33(30)29-13-8-14-31(37)20-29)35(36(42)43)25(2)27-11-7-12-27/h4-6,8-10,13-14,20-21,25,27-28,30,33,35H,3,7,11-12,15-19,22-24H2,1-2H3,(H,42,43)/t25-,30-,33+,35+/m0/s1. The smallest absolute Gasteiger partial charge is 0.321 e. The van der Waals surface area contributed by atoms with Gasteiger partial charge in [-0.3, -0.25) is 14.4 Å². The van der Waals surface area contributed by atoms with Crippen LogP contribution in [-0.2, 0) is 17.8 Å². The Labute approximate surface area is 255 Å². The van der Waals surface area contributed by atoms with E-state index < -0.39 is 12.0 Å². The number of hydrogen-bond acceptors (Lipinski definition) is 4. The van der Waals surface area contributed by atoms with Crippen LogP contribution in [0.25, 0.3) is 0 Å². The number of hydrogen-bond donors (Lipinski definition) is 1. The largest absolute Gasteiger partial charge is 0.480 e. The average Bonchev–Trinajstić information content (AvgIpc) is 3.57. The Bertz CT molecular complexity index is 1360. The highest BCUT2D eigenvalue weighted by atomic mass is 19.1. The van der Waals surface area contributed by atoms with Crippen LogP contribution in [0.1, 0.15) is 80.3 Å². The minimum absolute atomic E-state index is 0.129. The molecule has 0 radical (unpaired) electrons.